The normalized spacial score (nSPS) is 10.7. The number of rotatable bonds is 5. The van der Waals surface area contributed by atoms with Crippen LogP contribution in [0.4, 0.5) is 5.69 Å². The van der Waals surface area contributed by atoms with Crippen LogP contribution in [0.5, 0.6) is 0 Å². The highest BCUT2D eigenvalue weighted by atomic mass is 16.3. The van der Waals surface area contributed by atoms with E-state index in [1.165, 1.54) is 12.0 Å². The van der Waals surface area contributed by atoms with Gasteiger partial charge in [-0.1, -0.05) is 26.0 Å². The molecule has 0 aliphatic carbocycles. The van der Waals surface area contributed by atoms with Crippen LogP contribution in [-0.4, -0.2) is 11.7 Å². The molecule has 0 aromatic heterocycles. The van der Waals surface area contributed by atoms with Crippen LogP contribution in [0.1, 0.15) is 31.4 Å². The van der Waals surface area contributed by atoms with E-state index in [-0.39, 0.29) is 6.61 Å². The minimum Gasteiger partial charge on any atom is -0.392 e. The molecule has 0 amide bonds. The van der Waals surface area contributed by atoms with Gasteiger partial charge in [0, 0.05) is 12.2 Å². The average molecular weight is 207 g/mol. The lowest BCUT2D eigenvalue weighted by Crippen LogP contribution is -2.06. The van der Waals surface area contributed by atoms with E-state index in [9.17, 15) is 0 Å². The molecule has 1 aromatic carbocycles. The lowest BCUT2D eigenvalue weighted by atomic mass is 10.1. The maximum atomic E-state index is 9.04. The van der Waals surface area contributed by atoms with Gasteiger partial charge in [-0.15, -0.1) is 0 Å². The second-order valence-electron chi connectivity index (χ2n) is 4.42. The maximum absolute atomic E-state index is 9.04. The van der Waals surface area contributed by atoms with Gasteiger partial charge < -0.3 is 10.4 Å². The first-order chi connectivity index (χ1) is 7.13. The van der Waals surface area contributed by atoms with Gasteiger partial charge >= 0.3 is 0 Å². The average Bonchev–Trinajstić information content (AvgIpc) is 2.20. The zero-order chi connectivity index (χ0) is 11.3. The largest absolute Gasteiger partial charge is 0.392 e. The first kappa shape index (κ1) is 12.1. The van der Waals surface area contributed by atoms with Gasteiger partial charge in [0.2, 0.25) is 0 Å². The van der Waals surface area contributed by atoms with Gasteiger partial charge in [0.05, 0.1) is 6.61 Å². The summed E-state index contributed by atoms with van der Waals surface area (Å²) < 4.78 is 0. The van der Waals surface area contributed by atoms with E-state index in [0.29, 0.717) is 0 Å². The van der Waals surface area contributed by atoms with Crippen molar-refractivity contribution in [3.8, 4) is 0 Å². The molecule has 0 spiro atoms. The van der Waals surface area contributed by atoms with Gasteiger partial charge in [0.25, 0.3) is 0 Å². The number of aliphatic hydroxyl groups excluding tert-OH is 1. The van der Waals surface area contributed by atoms with Crippen molar-refractivity contribution in [2.24, 2.45) is 5.92 Å². The molecule has 84 valence electrons. The fourth-order valence-corrected chi connectivity index (χ4v) is 1.45. The molecule has 1 rings (SSSR count). The van der Waals surface area contributed by atoms with Gasteiger partial charge in [0.15, 0.2) is 0 Å². The summed E-state index contributed by atoms with van der Waals surface area (Å²) in [6, 6.07) is 6.03. The molecule has 0 fully saturated rings. The summed E-state index contributed by atoms with van der Waals surface area (Å²) in [6.07, 6.45) is 1.17. The lowest BCUT2D eigenvalue weighted by Gasteiger charge is -2.12. The van der Waals surface area contributed by atoms with Crippen LogP contribution >= 0.6 is 0 Å². The highest BCUT2D eigenvalue weighted by Crippen LogP contribution is 2.17. The fourth-order valence-electron chi connectivity index (χ4n) is 1.45. The molecule has 2 heteroatoms. The molecule has 2 N–H and O–H groups in total. The first-order valence-electron chi connectivity index (χ1n) is 5.57. The highest BCUT2D eigenvalue weighted by Gasteiger charge is 2.00. The molecular weight excluding hydrogens is 186 g/mol. The zero-order valence-corrected chi connectivity index (χ0v) is 9.88. The number of nitrogens with one attached hydrogen (secondary N) is 1. The Bertz CT molecular complexity index is 307. The Morgan fingerprint density at radius 1 is 1.33 bits per heavy atom. The third kappa shape index (κ3) is 3.92. The minimum absolute atomic E-state index is 0.110. The van der Waals surface area contributed by atoms with Crippen molar-refractivity contribution in [3.05, 3.63) is 29.3 Å². The van der Waals surface area contributed by atoms with Crippen LogP contribution in [0.25, 0.3) is 0 Å². The van der Waals surface area contributed by atoms with Gasteiger partial charge in [-0.25, -0.2) is 0 Å². The molecule has 1 aromatic rings. The Kier molecular flexibility index (Phi) is 4.63. The van der Waals surface area contributed by atoms with Gasteiger partial charge in [-0.3, -0.25) is 0 Å². The molecule has 0 aliphatic heterocycles. The van der Waals surface area contributed by atoms with Crippen molar-refractivity contribution < 1.29 is 5.11 Å². The fraction of sp³-hybridized carbons (Fsp3) is 0.538. The molecule has 0 aliphatic rings. The molecule has 0 radical (unpaired) electrons. The number of hydrogen-bond acceptors (Lipinski definition) is 2. The Morgan fingerprint density at radius 3 is 2.67 bits per heavy atom. The van der Waals surface area contributed by atoms with E-state index < -0.39 is 0 Å². The molecule has 0 saturated heterocycles. The summed E-state index contributed by atoms with van der Waals surface area (Å²) in [7, 11) is 0. The number of hydrogen-bond donors (Lipinski definition) is 2. The van der Waals surface area contributed by atoms with E-state index >= 15 is 0 Å². The maximum Gasteiger partial charge on any atom is 0.0682 e. The van der Waals surface area contributed by atoms with Crippen LogP contribution in [-0.2, 0) is 6.61 Å². The van der Waals surface area contributed by atoms with Crippen molar-refractivity contribution in [2.75, 3.05) is 11.9 Å². The van der Waals surface area contributed by atoms with Crippen molar-refractivity contribution in [3.63, 3.8) is 0 Å². The Morgan fingerprint density at radius 2 is 2.07 bits per heavy atom. The van der Waals surface area contributed by atoms with Gasteiger partial charge in [-0.05, 0) is 36.5 Å². The number of benzene rings is 1. The molecule has 0 saturated carbocycles. The quantitative estimate of drug-likeness (QED) is 0.778. The van der Waals surface area contributed by atoms with E-state index in [1.807, 2.05) is 18.2 Å². The summed E-state index contributed by atoms with van der Waals surface area (Å²) in [5.74, 6) is 0.721. The standard InChI is InChI=1S/C13H21NO/c1-10(2)6-7-14-13-8-12(9-15)5-4-11(13)3/h4-5,8,10,14-15H,6-7,9H2,1-3H3. The monoisotopic (exact) mass is 207 g/mol. The summed E-state index contributed by atoms with van der Waals surface area (Å²) in [6.45, 7) is 7.63. The first-order valence-corrected chi connectivity index (χ1v) is 5.57. The summed E-state index contributed by atoms with van der Waals surface area (Å²) in [5, 5.41) is 12.4. The van der Waals surface area contributed by atoms with E-state index in [2.05, 4.69) is 26.1 Å². The number of aryl methyl sites for hydroxylation is 1. The summed E-state index contributed by atoms with van der Waals surface area (Å²) >= 11 is 0. The van der Waals surface area contributed by atoms with Crippen molar-refractivity contribution in [2.45, 2.75) is 33.8 Å². The summed E-state index contributed by atoms with van der Waals surface area (Å²) in [5.41, 5.74) is 3.34. The molecular formula is C13H21NO. The number of aliphatic hydroxyl groups is 1. The second kappa shape index (κ2) is 5.76. The van der Waals surface area contributed by atoms with Gasteiger partial charge in [-0.2, -0.15) is 0 Å². The highest BCUT2D eigenvalue weighted by molar-refractivity contribution is 5.52. The SMILES string of the molecule is Cc1ccc(CO)cc1NCCC(C)C. The molecule has 0 unspecified atom stereocenters. The predicted octanol–water partition coefficient (Wildman–Crippen LogP) is 2.95. The van der Waals surface area contributed by atoms with E-state index in [4.69, 9.17) is 5.11 Å². The van der Waals surface area contributed by atoms with Crippen LogP contribution < -0.4 is 5.32 Å². The predicted molar refractivity (Wildman–Crippen MR) is 65.0 cm³/mol. The van der Waals surface area contributed by atoms with E-state index in [0.717, 1.165) is 23.7 Å². The smallest absolute Gasteiger partial charge is 0.0682 e. The van der Waals surface area contributed by atoms with Crippen LogP contribution in [0.15, 0.2) is 18.2 Å². The topological polar surface area (TPSA) is 32.3 Å². The molecule has 15 heavy (non-hydrogen) atoms. The third-order valence-corrected chi connectivity index (χ3v) is 2.52. The Labute approximate surface area is 92.3 Å². The van der Waals surface area contributed by atoms with Crippen LogP contribution in [0.3, 0.4) is 0 Å². The van der Waals surface area contributed by atoms with Gasteiger partial charge in [0.1, 0.15) is 0 Å². The Hall–Kier alpha value is -1.02. The summed E-state index contributed by atoms with van der Waals surface area (Å²) in [4.78, 5) is 0. The van der Waals surface area contributed by atoms with Crippen molar-refractivity contribution in [1.82, 2.24) is 0 Å². The minimum atomic E-state index is 0.110. The molecule has 0 bridgehead atoms. The van der Waals surface area contributed by atoms with E-state index in [1.54, 1.807) is 0 Å². The Balaban J connectivity index is 2.59. The zero-order valence-electron chi connectivity index (χ0n) is 9.88. The van der Waals surface area contributed by atoms with Crippen LogP contribution in [0.2, 0.25) is 0 Å². The lowest BCUT2D eigenvalue weighted by molar-refractivity contribution is 0.282. The number of anilines is 1. The van der Waals surface area contributed by atoms with Crippen LogP contribution in [0, 0.1) is 12.8 Å². The second-order valence-corrected chi connectivity index (χ2v) is 4.42. The third-order valence-electron chi connectivity index (χ3n) is 2.52. The van der Waals surface area contributed by atoms with Crippen molar-refractivity contribution >= 4 is 5.69 Å². The van der Waals surface area contributed by atoms with Crippen molar-refractivity contribution in [1.29, 1.82) is 0 Å². The molecule has 0 heterocycles. The molecule has 0 atom stereocenters. The molecule has 2 nitrogen and oxygen atoms in total.